The molecule has 18 heavy (non-hydrogen) atoms. The lowest BCUT2D eigenvalue weighted by Gasteiger charge is -2.10. The molecule has 0 amide bonds. The van der Waals surface area contributed by atoms with Crippen LogP contribution in [-0.4, -0.2) is 36.8 Å². The lowest BCUT2D eigenvalue weighted by atomic mass is 10.2. The molecule has 0 radical (unpaired) electrons. The largest absolute Gasteiger partial charge is 0.311 e. The van der Waals surface area contributed by atoms with Crippen LogP contribution in [0.4, 0.5) is 0 Å². The Morgan fingerprint density at radius 3 is 2.78 bits per heavy atom. The summed E-state index contributed by atoms with van der Waals surface area (Å²) in [6, 6.07) is 1.97. The van der Waals surface area contributed by atoms with Gasteiger partial charge < -0.3 is 5.32 Å². The summed E-state index contributed by atoms with van der Waals surface area (Å²) in [7, 11) is -2.88. The van der Waals surface area contributed by atoms with Crippen molar-refractivity contribution in [1.29, 1.82) is 0 Å². The van der Waals surface area contributed by atoms with Gasteiger partial charge in [0.15, 0.2) is 0 Å². The molecule has 0 aliphatic rings. The molecule has 5 nitrogen and oxygen atoms in total. The Morgan fingerprint density at radius 1 is 1.44 bits per heavy atom. The van der Waals surface area contributed by atoms with Crippen LogP contribution in [0.2, 0.25) is 0 Å². The van der Waals surface area contributed by atoms with Crippen LogP contribution in [0.5, 0.6) is 0 Å². The minimum atomic E-state index is -2.88. The van der Waals surface area contributed by atoms with Gasteiger partial charge in [-0.2, -0.15) is 5.10 Å². The van der Waals surface area contributed by atoms with Crippen LogP contribution >= 0.6 is 0 Å². The van der Waals surface area contributed by atoms with Gasteiger partial charge in [0, 0.05) is 25.5 Å². The Balaban J connectivity index is 2.40. The average molecular weight is 273 g/mol. The number of nitrogens with zero attached hydrogens (tertiary/aromatic N) is 2. The summed E-state index contributed by atoms with van der Waals surface area (Å²) in [4.78, 5) is 0. The van der Waals surface area contributed by atoms with Crippen LogP contribution < -0.4 is 5.32 Å². The van der Waals surface area contributed by atoms with Gasteiger partial charge in [-0.15, -0.1) is 0 Å². The van der Waals surface area contributed by atoms with Crippen LogP contribution in [0.1, 0.15) is 26.0 Å². The fourth-order valence-corrected chi connectivity index (χ4v) is 2.33. The van der Waals surface area contributed by atoms with Crippen molar-refractivity contribution in [2.75, 3.05) is 18.6 Å². The highest BCUT2D eigenvalue weighted by atomic mass is 32.2. The van der Waals surface area contributed by atoms with Crippen LogP contribution in [-0.2, 0) is 22.9 Å². The van der Waals surface area contributed by atoms with E-state index >= 15 is 0 Å². The van der Waals surface area contributed by atoms with Gasteiger partial charge in [-0.3, -0.25) is 4.68 Å². The lowest BCUT2D eigenvalue weighted by Crippen LogP contribution is -2.21. The second kappa shape index (κ2) is 6.89. The number of aromatic nitrogens is 2. The molecule has 0 spiro atoms. The van der Waals surface area contributed by atoms with E-state index in [4.69, 9.17) is 0 Å². The normalized spacial score (nSPS) is 12.2. The second-order valence-electron chi connectivity index (χ2n) is 5.05. The summed E-state index contributed by atoms with van der Waals surface area (Å²) >= 11 is 0. The minimum absolute atomic E-state index is 0.214. The Bertz CT molecular complexity index is 452. The second-order valence-corrected chi connectivity index (χ2v) is 7.31. The van der Waals surface area contributed by atoms with Crippen LogP contribution in [0.3, 0.4) is 0 Å². The van der Waals surface area contributed by atoms with Gasteiger partial charge in [0.05, 0.1) is 11.4 Å². The molecule has 1 rings (SSSR count). The molecule has 0 aromatic carbocycles. The monoisotopic (exact) mass is 273 g/mol. The van der Waals surface area contributed by atoms with Gasteiger partial charge in [0.25, 0.3) is 0 Å². The molecule has 0 unspecified atom stereocenters. The molecule has 0 saturated carbocycles. The Labute approximate surface area is 109 Å². The SMILES string of the molecule is CC(C)CNCc1ccnn1CCCS(C)(=O)=O. The van der Waals surface area contributed by atoms with Gasteiger partial charge in [0.2, 0.25) is 0 Å². The first-order valence-electron chi connectivity index (χ1n) is 6.27. The molecule has 104 valence electrons. The number of rotatable bonds is 8. The van der Waals surface area contributed by atoms with Crippen molar-refractivity contribution in [3.05, 3.63) is 18.0 Å². The highest BCUT2D eigenvalue weighted by Gasteiger charge is 2.05. The standard InChI is InChI=1S/C12H23N3O2S/c1-11(2)9-13-10-12-5-6-14-15(12)7-4-8-18(3,16)17/h5-6,11,13H,4,7-10H2,1-3H3. The number of hydrogen-bond acceptors (Lipinski definition) is 4. The third-order valence-corrected chi connectivity index (χ3v) is 3.58. The van der Waals surface area contributed by atoms with Crippen molar-refractivity contribution >= 4 is 9.84 Å². The molecular weight excluding hydrogens is 250 g/mol. The quantitative estimate of drug-likeness (QED) is 0.769. The summed E-state index contributed by atoms with van der Waals surface area (Å²) in [6.45, 7) is 6.72. The first-order valence-corrected chi connectivity index (χ1v) is 8.33. The van der Waals surface area contributed by atoms with Gasteiger partial charge >= 0.3 is 0 Å². The van der Waals surface area contributed by atoms with Crippen molar-refractivity contribution in [2.45, 2.75) is 33.4 Å². The number of aryl methyl sites for hydroxylation is 1. The molecule has 0 fully saturated rings. The van der Waals surface area contributed by atoms with Gasteiger partial charge in [0.1, 0.15) is 9.84 Å². The zero-order valence-electron chi connectivity index (χ0n) is 11.4. The van der Waals surface area contributed by atoms with Gasteiger partial charge in [-0.1, -0.05) is 13.8 Å². The van der Waals surface area contributed by atoms with E-state index in [0.29, 0.717) is 18.9 Å². The molecule has 1 heterocycles. The Morgan fingerprint density at radius 2 is 2.17 bits per heavy atom. The van der Waals surface area contributed by atoms with Crippen molar-refractivity contribution in [2.24, 2.45) is 5.92 Å². The maximum atomic E-state index is 11.0. The zero-order valence-corrected chi connectivity index (χ0v) is 12.2. The topological polar surface area (TPSA) is 64.0 Å². The maximum Gasteiger partial charge on any atom is 0.147 e. The van der Waals surface area contributed by atoms with E-state index in [2.05, 4.69) is 24.3 Å². The van der Waals surface area contributed by atoms with Crippen LogP contribution in [0.15, 0.2) is 12.3 Å². The molecule has 1 aromatic rings. The van der Waals surface area contributed by atoms with Crippen molar-refractivity contribution in [1.82, 2.24) is 15.1 Å². The molecule has 0 aliphatic heterocycles. The Kier molecular flexibility index (Phi) is 5.81. The highest BCUT2D eigenvalue weighted by molar-refractivity contribution is 7.90. The van der Waals surface area contributed by atoms with E-state index in [-0.39, 0.29) is 5.75 Å². The number of nitrogens with one attached hydrogen (secondary N) is 1. The lowest BCUT2D eigenvalue weighted by molar-refractivity contribution is 0.513. The van der Waals surface area contributed by atoms with E-state index in [1.54, 1.807) is 6.20 Å². The van der Waals surface area contributed by atoms with Crippen LogP contribution in [0.25, 0.3) is 0 Å². The molecule has 0 bridgehead atoms. The van der Waals surface area contributed by atoms with E-state index in [1.165, 1.54) is 6.26 Å². The summed E-state index contributed by atoms with van der Waals surface area (Å²) in [5, 5.41) is 7.57. The van der Waals surface area contributed by atoms with Gasteiger partial charge in [-0.05, 0) is 24.9 Å². The molecule has 1 aromatic heterocycles. The van der Waals surface area contributed by atoms with Crippen molar-refractivity contribution in [3.8, 4) is 0 Å². The summed E-state index contributed by atoms with van der Waals surface area (Å²) in [5.41, 5.74) is 1.10. The molecule has 1 N–H and O–H groups in total. The molecule has 0 atom stereocenters. The molecular formula is C12H23N3O2S. The predicted octanol–water partition coefficient (Wildman–Crippen LogP) is 1.06. The summed E-state index contributed by atoms with van der Waals surface area (Å²) in [5.74, 6) is 0.831. The van der Waals surface area contributed by atoms with Gasteiger partial charge in [-0.25, -0.2) is 8.42 Å². The number of hydrogen-bond donors (Lipinski definition) is 1. The summed E-state index contributed by atoms with van der Waals surface area (Å²) < 4.78 is 24.0. The first-order chi connectivity index (χ1) is 8.38. The fourth-order valence-electron chi connectivity index (χ4n) is 1.68. The average Bonchev–Trinajstić information content (AvgIpc) is 2.63. The van der Waals surface area contributed by atoms with E-state index in [0.717, 1.165) is 18.8 Å². The smallest absolute Gasteiger partial charge is 0.147 e. The summed E-state index contributed by atoms with van der Waals surface area (Å²) in [6.07, 6.45) is 3.63. The molecule has 6 heteroatoms. The molecule has 0 saturated heterocycles. The van der Waals surface area contributed by atoms with E-state index in [1.807, 2.05) is 10.7 Å². The molecule has 0 aliphatic carbocycles. The zero-order chi connectivity index (χ0) is 13.6. The minimum Gasteiger partial charge on any atom is -0.311 e. The first kappa shape index (κ1) is 15.2. The predicted molar refractivity (Wildman–Crippen MR) is 73.1 cm³/mol. The number of sulfone groups is 1. The van der Waals surface area contributed by atoms with E-state index in [9.17, 15) is 8.42 Å². The van der Waals surface area contributed by atoms with Crippen molar-refractivity contribution in [3.63, 3.8) is 0 Å². The third-order valence-electron chi connectivity index (χ3n) is 2.55. The fraction of sp³-hybridized carbons (Fsp3) is 0.750. The van der Waals surface area contributed by atoms with E-state index < -0.39 is 9.84 Å². The Hall–Kier alpha value is -0.880. The highest BCUT2D eigenvalue weighted by Crippen LogP contribution is 2.02. The van der Waals surface area contributed by atoms with Crippen molar-refractivity contribution < 1.29 is 8.42 Å². The van der Waals surface area contributed by atoms with Crippen LogP contribution in [0, 0.1) is 5.92 Å². The maximum absolute atomic E-state index is 11.0. The third kappa shape index (κ3) is 6.16.